The highest BCUT2D eigenvalue weighted by Gasteiger charge is 2.30. The minimum absolute atomic E-state index is 0.0117. The second-order valence-corrected chi connectivity index (χ2v) is 8.43. The molecule has 1 saturated heterocycles. The molecular weight excluding hydrogens is 424 g/mol. The van der Waals surface area contributed by atoms with Crippen molar-refractivity contribution in [2.75, 3.05) is 23.7 Å². The summed E-state index contributed by atoms with van der Waals surface area (Å²) in [6, 6.07) is 10.2. The minimum Gasteiger partial charge on any atom is -0.479 e. The maximum absolute atomic E-state index is 13.0. The third-order valence-electron chi connectivity index (χ3n) is 6.09. The van der Waals surface area contributed by atoms with E-state index in [1.807, 2.05) is 0 Å². The number of carbonyl (C=O) groups is 3. The number of amides is 3. The van der Waals surface area contributed by atoms with Gasteiger partial charge in [-0.2, -0.15) is 0 Å². The highest BCUT2D eigenvalue weighted by molar-refractivity contribution is 6.02. The van der Waals surface area contributed by atoms with Crippen molar-refractivity contribution < 1.29 is 23.5 Å². The van der Waals surface area contributed by atoms with E-state index >= 15 is 0 Å². The van der Waals surface area contributed by atoms with Crippen LogP contribution in [0.25, 0.3) is 11.1 Å². The summed E-state index contributed by atoms with van der Waals surface area (Å²) in [5.41, 5.74) is 3.06. The first-order valence-corrected chi connectivity index (χ1v) is 11.0. The number of ether oxygens (including phenoxy) is 1. The number of rotatable bonds is 3. The number of carbonyl (C=O) groups excluding carboxylic acids is 3. The van der Waals surface area contributed by atoms with Crippen LogP contribution in [0.3, 0.4) is 0 Å². The monoisotopic (exact) mass is 448 g/mol. The predicted octanol–water partition coefficient (Wildman–Crippen LogP) is 3.98. The lowest BCUT2D eigenvalue weighted by atomic mass is 9.88. The van der Waals surface area contributed by atoms with Gasteiger partial charge in [-0.15, -0.1) is 0 Å². The van der Waals surface area contributed by atoms with Gasteiger partial charge < -0.3 is 24.7 Å². The number of oxazole rings is 1. The topological polar surface area (TPSA) is 114 Å². The number of urea groups is 1. The van der Waals surface area contributed by atoms with Gasteiger partial charge in [0, 0.05) is 37.2 Å². The number of aryl methyl sites for hydroxylation is 1. The Morgan fingerprint density at radius 1 is 1.15 bits per heavy atom. The standard InChI is InChI=1S/C24H24N4O5/c1-13-23(30)27-18-11-16(3-5-20(18)32-13)22(29)15-7-9-28(10-8-15)24(31)26-17-4-6-21-19(12-17)25-14(2)33-21/h3-6,11-13,15H,7-10H2,1-2H3,(H,26,31)(H,27,30). The van der Waals surface area contributed by atoms with Gasteiger partial charge in [-0.25, -0.2) is 9.78 Å². The number of nitrogens with zero attached hydrogens (tertiary/aromatic N) is 2. The summed E-state index contributed by atoms with van der Waals surface area (Å²) in [5, 5.41) is 5.67. The molecule has 9 nitrogen and oxygen atoms in total. The highest BCUT2D eigenvalue weighted by atomic mass is 16.5. The van der Waals surface area contributed by atoms with Gasteiger partial charge in [-0.1, -0.05) is 0 Å². The molecular formula is C24H24N4O5. The fourth-order valence-corrected chi connectivity index (χ4v) is 4.27. The summed E-state index contributed by atoms with van der Waals surface area (Å²) in [4.78, 5) is 43.6. The molecule has 1 atom stereocenters. The van der Waals surface area contributed by atoms with Gasteiger partial charge in [0.1, 0.15) is 11.3 Å². The molecule has 33 heavy (non-hydrogen) atoms. The predicted molar refractivity (Wildman–Crippen MR) is 122 cm³/mol. The zero-order valence-electron chi connectivity index (χ0n) is 18.4. The Morgan fingerprint density at radius 3 is 2.73 bits per heavy atom. The van der Waals surface area contributed by atoms with E-state index < -0.39 is 6.10 Å². The molecule has 1 unspecified atom stereocenters. The zero-order chi connectivity index (χ0) is 23.1. The van der Waals surface area contributed by atoms with E-state index in [-0.39, 0.29) is 23.6 Å². The van der Waals surface area contributed by atoms with E-state index in [1.54, 1.807) is 55.1 Å². The third-order valence-corrected chi connectivity index (χ3v) is 6.09. The van der Waals surface area contributed by atoms with Crippen LogP contribution in [0, 0.1) is 12.8 Å². The lowest BCUT2D eigenvalue weighted by Crippen LogP contribution is -2.42. The van der Waals surface area contributed by atoms with Crippen molar-refractivity contribution in [1.29, 1.82) is 0 Å². The van der Waals surface area contributed by atoms with E-state index in [0.29, 0.717) is 65.6 Å². The van der Waals surface area contributed by atoms with Crippen LogP contribution in [-0.2, 0) is 4.79 Å². The molecule has 9 heteroatoms. The van der Waals surface area contributed by atoms with Crippen molar-refractivity contribution in [2.45, 2.75) is 32.8 Å². The summed E-state index contributed by atoms with van der Waals surface area (Å²) < 4.78 is 11.0. The Balaban J connectivity index is 1.19. The van der Waals surface area contributed by atoms with Crippen molar-refractivity contribution in [3.63, 3.8) is 0 Å². The highest BCUT2D eigenvalue weighted by Crippen LogP contribution is 2.32. The Bertz CT molecular complexity index is 1260. The lowest BCUT2D eigenvalue weighted by molar-refractivity contribution is -0.122. The summed E-state index contributed by atoms with van der Waals surface area (Å²) in [6.07, 6.45) is 0.590. The molecule has 1 aromatic heterocycles. The van der Waals surface area contributed by atoms with Crippen molar-refractivity contribution in [2.24, 2.45) is 5.92 Å². The van der Waals surface area contributed by atoms with Gasteiger partial charge >= 0.3 is 6.03 Å². The van der Waals surface area contributed by atoms with Gasteiger partial charge in [0.05, 0.1) is 5.69 Å². The molecule has 170 valence electrons. The van der Waals surface area contributed by atoms with E-state index in [2.05, 4.69) is 15.6 Å². The van der Waals surface area contributed by atoms with Crippen LogP contribution in [0.5, 0.6) is 5.75 Å². The maximum Gasteiger partial charge on any atom is 0.321 e. The van der Waals surface area contributed by atoms with Crippen LogP contribution < -0.4 is 15.4 Å². The van der Waals surface area contributed by atoms with Crippen LogP contribution >= 0.6 is 0 Å². The molecule has 0 radical (unpaired) electrons. The number of fused-ring (bicyclic) bond motifs is 2. The van der Waals surface area contributed by atoms with Crippen molar-refractivity contribution in [3.8, 4) is 5.75 Å². The van der Waals surface area contributed by atoms with Crippen molar-refractivity contribution in [1.82, 2.24) is 9.88 Å². The van der Waals surface area contributed by atoms with Gasteiger partial charge in [0.25, 0.3) is 5.91 Å². The van der Waals surface area contributed by atoms with E-state index in [1.165, 1.54) is 0 Å². The first-order valence-electron chi connectivity index (χ1n) is 11.0. The van der Waals surface area contributed by atoms with Crippen LogP contribution in [0.2, 0.25) is 0 Å². The minimum atomic E-state index is -0.559. The fraction of sp³-hybridized carbons (Fsp3) is 0.333. The van der Waals surface area contributed by atoms with Crippen LogP contribution in [-0.4, -0.2) is 46.8 Å². The second-order valence-electron chi connectivity index (χ2n) is 8.43. The normalized spacial score (nSPS) is 18.4. The molecule has 0 spiro atoms. The van der Waals surface area contributed by atoms with E-state index in [9.17, 15) is 14.4 Å². The number of aromatic nitrogens is 1. The largest absolute Gasteiger partial charge is 0.479 e. The number of nitrogens with one attached hydrogen (secondary N) is 2. The molecule has 0 saturated carbocycles. The quantitative estimate of drug-likeness (QED) is 0.586. The molecule has 2 N–H and O–H groups in total. The Hall–Kier alpha value is -3.88. The number of anilines is 2. The Labute approximate surface area is 190 Å². The molecule has 0 aliphatic carbocycles. The lowest BCUT2D eigenvalue weighted by Gasteiger charge is -2.31. The Morgan fingerprint density at radius 2 is 1.94 bits per heavy atom. The fourth-order valence-electron chi connectivity index (χ4n) is 4.27. The number of likely N-dealkylation sites (tertiary alicyclic amines) is 1. The number of Topliss-reactive ketones (excluding diaryl/α,β-unsaturated/α-hetero) is 1. The first kappa shape index (κ1) is 21.0. The van der Waals surface area contributed by atoms with Gasteiger partial charge in [0.15, 0.2) is 23.4 Å². The number of hydrogen-bond donors (Lipinski definition) is 2. The summed E-state index contributed by atoms with van der Waals surface area (Å²) in [6.45, 7) is 4.42. The molecule has 2 aromatic carbocycles. The number of ketones is 1. The SMILES string of the molecule is Cc1nc2cc(NC(=O)N3CCC(C(=O)c4ccc5c(c4)NC(=O)C(C)O5)CC3)ccc2o1. The molecule has 2 aliphatic rings. The van der Waals surface area contributed by atoms with Crippen molar-refractivity contribution >= 4 is 40.2 Å². The Kier molecular flexibility index (Phi) is 5.24. The van der Waals surface area contributed by atoms with Gasteiger partial charge in [0.2, 0.25) is 0 Å². The second kappa shape index (κ2) is 8.23. The number of benzene rings is 2. The number of piperidine rings is 1. The third kappa shape index (κ3) is 4.13. The molecule has 3 amide bonds. The summed E-state index contributed by atoms with van der Waals surface area (Å²) >= 11 is 0. The zero-order valence-corrected chi connectivity index (χ0v) is 18.4. The molecule has 2 aliphatic heterocycles. The summed E-state index contributed by atoms with van der Waals surface area (Å²) in [5.74, 6) is 0.732. The van der Waals surface area contributed by atoms with E-state index in [0.717, 1.165) is 0 Å². The molecule has 1 fully saturated rings. The number of hydrogen-bond acceptors (Lipinski definition) is 6. The van der Waals surface area contributed by atoms with Gasteiger partial charge in [-0.05, 0) is 56.2 Å². The molecule has 0 bridgehead atoms. The van der Waals surface area contributed by atoms with Gasteiger partial charge in [-0.3, -0.25) is 9.59 Å². The van der Waals surface area contributed by atoms with Crippen molar-refractivity contribution in [3.05, 3.63) is 47.9 Å². The maximum atomic E-state index is 13.0. The van der Waals surface area contributed by atoms with E-state index in [4.69, 9.17) is 9.15 Å². The molecule has 3 aromatic rings. The molecule has 3 heterocycles. The van der Waals surface area contributed by atoms with Crippen LogP contribution in [0.1, 0.15) is 36.0 Å². The van der Waals surface area contributed by atoms with Crippen LogP contribution in [0.4, 0.5) is 16.2 Å². The smallest absolute Gasteiger partial charge is 0.321 e. The first-order chi connectivity index (χ1) is 15.9. The molecule has 5 rings (SSSR count). The average molecular weight is 448 g/mol. The average Bonchev–Trinajstić information content (AvgIpc) is 3.18. The summed E-state index contributed by atoms with van der Waals surface area (Å²) in [7, 11) is 0. The van der Waals surface area contributed by atoms with Crippen LogP contribution in [0.15, 0.2) is 40.8 Å².